The molecule has 0 spiro atoms. The summed E-state index contributed by atoms with van der Waals surface area (Å²) in [4.78, 5) is 25.9. The molecule has 0 heterocycles. The van der Waals surface area contributed by atoms with E-state index in [2.05, 4.69) is 38.9 Å². The van der Waals surface area contributed by atoms with Crippen molar-refractivity contribution in [2.24, 2.45) is 5.41 Å². The summed E-state index contributed by atoms with van der Waals surface area (Å²) in [7, 11) is 0. The lowest BCUT2D eigenvalue weighted by Gasteiger charge is -2.49. The van der Waals surface area contributed by atoms with Crippen LogP contribution in [0.15, 0.2) is 0 Å². The molecule has 132 valence electrons. The number of amides is 2. The minimum Gasteiger partial charge on any atom is -0.356 e. The maximum Gasteiger partial charge on any atom is 0.222 e. The second-order valence-corrected chi connectivity index (χ2v) is 7.09. The fourth-order valence-corrected chi connectivity index (χ4v) is 2.70. The highest BCUT2D eigenvalue weighted by molar-refractivity contribution is 5.77. The van der Waals surface area contributed by atoms with Gasteiger partial charge in [0.15, 0.2) is 0 Å². The molecule has 4 heteroatoms. The Labute approximate surface area is 142 Å². The maximum absolute atomic E-state index is 12.2. The number of carbonyl (C=O) groups excluding carboxylic acids is 2. The first-order valence-corrected chi connectivity index (χ1v) is 8.64. The fraction of sp³-hybridized carbons (Fsp3) is 0.789. The van der Waals surface area contributed by atoms with Crippen molar-refractivity contribution in [2.45, 2.75) is 79.2 Å². The zero-order valence-corrected chi connectivity index (χ0v) is 15.8. The van der Waals surface area contributed by atoms with Gasteiger partial charge in [-0.1, -0.05) is 20.8 Å². The molecule has 0 fully saturated rings. The lowest BCUT2D eigenvalue weighted by molar-refractivity contribution is -0.141. The van der Waals surface area contributed by atoms with Crippen LogP contribution in [0.25, 0.3) is 0 Å². The lowest BCUT2D eigenvalue weighted by Crippen LogP contribution is -2.56. The highest BCUT2D eigenvalue weighted by atomic mass is 16.2. The fourth-order valence-electron chi connectivity index (χ4n) is 2.70. The van der Waals surface area contributed by atoms with Crippen molar-refractivity contribution in [1.29, 1.82) is 0 Å². The van der Waals surface area contributed by atoms with Crippen LogP contribution in [-0.4, -0.2) is 35.3 Å². The van der Waals surface area contributed by atoms with E-state index in [4.69, 9.17) is 6.42 Å². The van der Waals surface area contributed by atoms with Crippen molar-refractivity contribution < 1.29 is 9.59 Å². The SMILES string of the molecule is C#CCCCC(=O)NCCC(C)(C)C(C)(C)N(CC)C(=O)CC. The van der Waals surface area contributed by atoms with Crippen molar-refractivity contribution in [3.8, 4) is 12.3 Å². The molecule has 0 aliphatic carbocycles. The zero-order valence-electron chi connectivity index (χ0n) is 15.8. The highest BCUT2D eigenvalue weighted by Crippen LogP contribution is 2.38. The normalized spacial score (nSPS) is 11.7. The molecule has 0 aliphatic rings. The summed E-state index contributed by atoms with van der Waals surface area (Å²) in [5.74, 6) is 2.76. The van der Waals surface area contributed by atoms with Crippen molar-refractivity contribution in [2.75, 3.05) is 13.1 Å². The molecule has 0 aromatic rings. The Kier molecular flexibility index (Phi) is 8.97. The van der Waals surface area contributed by atoms with E-state index in [-0.39, 0.29) is 22.8 Å². The van der Waals surface area contributed by atoms with Crippen LogP contribution >= 0.6 is 0 Å². The first kappa shape index (κ1) is 21.5. The predicted octanol–water partition coefficient (Wildman–Crippen LogP) is 3.36. The predicted molar refractivity (Wildman–Crippen MR) is 95.8 cm³/mol. The largest absolute Gasteiger partial charge is 0.356 e. The Balaban J connectivity index is 4.63. The molecule has 0 aromatic carbocycles. The number of nitrogens with zero attached hydrogens (tertiary/aromatic N) is 1. The lowest BCUT2D eigenvalue weighted by atomic mass is 9.71. The first-order chi connectivity index (χ1) is 10.6. The number of unbranched alkanes of at least 4 members (excludes halogenated alkanes) is 1. The summed E-state index contributed by atoms with van der Waals surface area (Å²) in [6, 6.07) is 0. The number of hydrogen-bond acceptors (Lipinski definition) is 2. The van der Waals surface area contributed by atoms with Crippen molar-refractivity contribution in [1.82, 2.24) is 10.2 Å². The number of carbonyl (C=O) groups is 2. The van der Waals surface area contributed by atoms with Crippen LogP contribution in [0.3, 0.4) is 0 Å². The topological polar surface area (TPSA) is 49.4 Å². The van der Waals surface area contributed by atoms with Crippen LogP contribution in [-0.2, 0) is 9.59 Å². The number of hydrogen-bond donors (Lipinski definition) is 1. The van der Waals surface area contributed by atoms with Gasteiger partial charge in [-0.05, 0) is 39.0 Å². The van der Waals surface area contributed by atoms with Crippen molar-refractivity contribution >= 4 is 11.8 Å². The van der Waals surface area contributed by atoms with E-state index in [9.17, 15) is 9.59 Å². The molecule has 0 aliphatic heterocycles. The van der Waals surface area contributed by atoms with E-state index in [0.717, 1.165) is 12.8 Å². The molecule has 0 rings (SSSR count). The molecular formula is C19H34N2O2. The third-order valence-electron chi connectivity index (χ3n) is 5.05. The molecule has 0 atom stereocenters. The van der Waals surface area contributed by atoms with Gasteiger partial charge in [0.1, 0.15) is 0 Å². The zero-order chi connectivity index (χ0) is 18.1. The van der Waals surface area contributed by atoms with Gasteiger partial charge in [0, 0.05) is 37.9 Å². The Hall–Kier alpha value is -1.50. The van der Waals surface area contributed by atoms with Gasteiger partial charge < -0.3 is 10.2 Å². The highest BCUT2D eigenvalue weighted by Gasteiger charge is 2.42. The van der Waals surface area contributed by atoms with Crippen LogP contribution < -0.4 is 5.32 Å². The molecule has 0 aromatic heterocycles. The summed E-state index contributed by atoms with van der Waals surface area (Å²) >= 11 is 0. The Morgan fingerprint density at radius 3 is 2.26 bits per heavy atom. The summed E-state index contributed by atoms with van der Waals surface area (Å²) in [6.07, 6.45) is 8.35. The van der Waals surface area contributed by atoms with E-state index in [0.29, 0.717) is 32.4 Å². The summed E-state index contributed by atoms with van der Waals surface area (Å²) < 4.78 is 0. The monoisotopic (exact) mass is 322 g/mol. The van der Waals surface area contributed by atoms with E-state index in [1.165, 1.54) is 0 Å². The van der Waals surface area contributed by atoms with Gasteiger partial charge in [-0.2, -0.15) is 0 Å². The minimum atomic E-state index is -0.275. The van der Waals surface area contributed by atoms with Gasteiger partial charge in [-0.3, -0.25) is 9.59 Å². The van der Waals surface area contributed by atoms with Crippen LogP contribution in [0.4, 0.5) is 0 Å². The average molecular weight is 322 g/mol. The van der Waals surface area contributed by atoms with Crippen LogP contribution in [0.1, 0.15) is 73.6 Å². The quantitative estimate of drug-likeness (QED) is 0.495. The van der Waals surface area contributed by atoms with Crippen LogP contribution in [0.2, 0.25) is 0 Å². The Morgan fingerprint density at radius 1 is 1.17 bits per heavy atom. The molecule has 0 radical (unpaired) electrons. The number of terminal acetylenes is 1. The molecule has 0 saturated carbocycles. The van der Waals surface area contributed by atoms with E-state index in [1.807, 2.05) is 18.7 Å². The number of nitrogens with one attached hydrogen (secondary N) is 1. The third kappa shape index (κ3) is 6.25. The molecule has 23 heavy (non-hydrogen) atoms. The minimum absolute atomic E-state index is 0.0471. The Bertz CT molecular complexity index is 433. The summed E-state index contributed by atoms with van der Waals surface area (Å²) in [5, 5.41) is 2.96. The molecule has 0 unspecified atom stereocenters. The molecule has 0 bridgehead atoms. The molecule has 2 amide bonds. The molecule has 0 saturated heterocycles. The van der Waals surface area contributed by atoms with Gasteiger partial charge in [-0.15, -0.1) is 12.3 Å². The van der Waals surface area contributed by atoms with Gasteiger partial charge in [0.2, 0.25) is 11.8 Å². The molecule has 1 N–H and O–H groups in total. The van der Waals surface area contributed by atoms with Gasteiger partial charge in [0.25, 0.3) is 0 Å². The first-order valence-electron chi connectivity index (χ1n) is 8.64. The average Bonchev–Trinajstić information content (AvgIpc) is 2.47. The smallest absolute Gasteiger partial charge is 0.222 e. The van der Waals surface area contributed by atoms with E-state index in [1.54, 1.807) is 0 Å². The maximum atomic E-state index is 12.2. The van der Waals surface area contributed by atoms with Crippen molar-refractivity contribution in [3.05, 3.63) is 0 Å². The van der Waals surface area contributed by atoms with E-state index >= 15 is 0 Å². The van der Waals surface area contributed by atoms with Gasteiger partial charge in [-0.25, -0.2) is 0 Å². The van der Waals surface area contributed by atoms with Crippen molar-refractivity contribution in [3.63, 3.8) is 0 Å². The van der Waals surface area contributed by atoms with Gasteiger partial charge in [0.05, 0.1) is 0 Å². The van der Waals surface area contributed by atoms with E-state index < -0.39 is 0 Å². The van der Waals surface area contributed by atoms with Crippen LogP contribution in [0, 0.1) is 17.8 Å². The molecular weight excluding hydrogens is 288 g/mol. The second-order valence-electron chi connectivity index (χ2n) is 7.09. The Morgan fingerprint density at radius 2 is 1.78 bits per heavy atom. The number of rotatable bonds is 10. The summed E-state index contributed by atoms with van der Waals surface area (Å²) in [5.41, 5.74) is -0.386. The summed E-state index contributed by atoms with van der Waals surface area (Å²) in [6.45, 7) is 13.7. The molecule has 4 nitrogen and oxygen atoms in total. The third-order valence-corrected chi connectivity index (χ3v) is 5.05. The van der Waals surface area contributed by atoms with Crippen LogP contribution in [0.5, 0.6) is 0 Å². The van der Waals surface area contributed by atoms with Gasteiger partial charge >= 0.3 is 0 Å². The standard InChI is InChI=1S/C19H34N2O2/c1-8-11-12-13-16(22)20-15-14-18(4,5)19(6,7)21(10-3)17(23)9-2/h1H,9-15H2,2-7H3,(H,20,22). The second kappa shape index (κ2) is 9.60.